The number of hydrogen-bond acceptors (Lipinski definition) is 3. The van der Waals surface area contributed by atoms with Crippen LogP contribution in [0.25, 0.3) is 0 Å². The number of aryl methyl sites for hydroxylation is 1. The highest BCUT2D eigenvalue weighted by atomic mass is 32.1. The van der Waals surface area contributed by atoms with Gasteiger partial charge in [0, 0.05) is 29.7 Å². The molecule has 0 aliphatic carbocycles. The number of anilines is 1. The molecular formula is C16H20N2O2S. The van der Waals surface area contributed by atoms with Crippen molar-refractivity contribution in [3.63, 3.8) is 0 Å². The van der Waals surface area contributed by atoms with E-state index in [0.717, 1.165) is 11.4 Å². The number of thiazole rings is 1. The van der Waals surface area contributed by atoms with Gasteiger partial charge in [0.2, 0.25) is 5.91 Å². The Hall–Kier alpha value is -1.88. The summed E-state index contributed by atoms with van der Waals surface area (Å²) in [4.78, 5) is 23.5. The monoisotopic (exact) mass is 304 g/mol. The quantitative estimate of drug-likeness (QED) is 0.920. The normalized spacial score (nSPS) is 10.9. The number of carbonyl (C=O) groups is 1. The molecule has 21 heavy (non-hydrogen) atoms. The van der Waals surface area contributed by atoms with E-state index in [-0.39, 0.29) is 10.8 Å². The van der Waals surface area contributed by atoms with Crippen LogP contribution in [0.15, 0.2) is 34.4 Å². The van der Waals surface area contributed by atoms with Gasteiger partial charge < -0.3 is 9.88 Å². The fourth-order valence-corrected chi connectivity index (χ4v) is 2.82. The molecule has 0 bridgehead atoms. The van der Waals surface area contributed by atoms with E-state index < -0.39 is 0 Å². The van der Waals surface area contributed by atoms with Crippen molar-refractivity contribution in [1.29, 1.82) is 0 Å². The minimum absolute atomic E-state index is 0.0124. The molecule has 2 aromatic rings. The lowest BCUT2D eigenvalue weighted by atomic mass is 10.0. The van der Waals surface area contributed by atoms with Crippen LogP contribution < -0.4 is 10.2 Å². The first-order valence-electron chi connectivity index (χ1n) is 7.02. The Labute approximate surface area is 128 Å². The number of benzene rings is 1. The first kappa shape index (κ1) is 15.5. The molecule has 0 unspecified atom stereocenters. The molecule has 1 N–H and O–H groups in total. The van der Waals surface area contributed by atoms with Crippen molar-refractivity contribution in [2.24, 2.45) is 0 Å². The van der Waals surface area contributed by atoms with E-state index in [0.29, 0.717) is 18.9 Å². The molecule has 1 aromatic carbocycles. The molecule has 0 aliphatic rings. The zero-order valence-corrected chi connectivity index (χ0v) is 13.4. The smallest absolute Gasteiger partial charge is 0.307 e. The molecule has 1 aromatic heterocycles. The van der Waals surface area contributed by atoms with E-state index in [9.17, 15) is 9.59 Å². The third kappa shape index (κ3) is 4.04. The third-order valence-corrected chi connectivity index (χ3v) is 4.28. The summed E-state index contributed by atoms with van der Waals surface area (Å²) in [6, 6.07) is 7.87. The SMILES string of the molecule is Cc1csc(=O)n1CCC(=O)Nc1ccc(C(C)C)cc1. The summed E-state index contributed by atoms with van der Waals surface area (Å²) in [6.07, 6.45) is 0.295. The van der Waals surface area contributed by atoms with E-state index >= 15 is 0 Å². The maximum absolute atomic E-state index is 11.9. The lowest BCUT2D eigenvalue weighted by Crippen LogP contribution is -2.20. The van der Waals surface area contributed by atoms with Gasteiger partial charge in [-0.05, 0) is 30.5 Å². The maximum Gasteiger partial charge on any atom is 0.307 e. The van der Waals surface area contributed by atoms with Crippen LogP contribution in [0.3, 0.4) is 0 Å². The summed E-state index contributed by atoms with van der Waals surface area (Å²) in [5.41, 5.74) is 2.94. The average Bonchev–Trinajstić information content (AvgIpc) is 2.76. The number of aromatic nitrogens is 1. The molecule has 5 heteroatoms. The van der Waals surface area contributed by atoms with Crippen LogP contribution in [0.5, 0.6) is 0 Å². The minimum atomic E-state index is -0.0789. The number of nitrogens with zero attached hydrogens (tertiary/aromatic N) is 1. The van der Waals surface area contributed by atoms with Crippen LogP contribution in [0.1, 0.15) is 37.4 Å². The molecule has 0 fully saturated rings. The standard InChI is InChI=1S/C16H20N2O2S/c1-11(2)13-4-6-14(7-5-13)17-15(19)8-9-18-12(3)10-21-16(18)20/h4-7,10-11H,8-9H2,1-3H3,(H,17,19). The molecule has 2 rings (SSSR count). The molecule has 0 aliphatic heterocycles. The highest BCUT2D eigenvalue weighted by molar-refractivity contribution is 7.07. The second-order valence-corrected chi connectivity index (χ2v) is 6.19. The zero-order chi connectivity index (χ0) is 15.4. The van der Waals surface area contributed by atoms with Gasteiger partial charge in [-0.15, -0.1) is 0 Å². The maximum atomic E-state index is 11.9. The van der Waals surface area contributed by atoms with Crippen LogP contribution in [-0.2, 0) is 11.3 Å². The van der Waals surface area contributed by atoms with Crippen molar-refractivity contribution in [3.8, 4) is 0 Å². The summed E-state index contributed by atoms with van der Waals surface area (Å²) in [5, 5.41) is 4.67. The van der Waals surface area contributed by atoms with Crippen LogP contribution in [0.4, 0.5) is 5.69 Å². The molecule has 4 nitrogen and oxygen atoms in total. The highest BCUT2D eigenvalue weighted by Gasteiger charge is 2.07. The Morgan fingerprint density at radius 1 is 1.29 bits per heavy atom. The Bertz CT molecular complexity index is 668. The van der Waals surface area contributed by atoms with Gasteiger partial charge in [-0.2, -0.15) is 0 Å². The number of hydrogen-bond donors (Lipinski definition) is 1. The molecule has 0 saturated heterocycles. The Morgan fingerprint density at radius 3 is 2.48 bits per heavy atom. The molecule has 0 spiro atoms. The van der Waals surface area contributed by atoms with Crippen molar-refractivity contribution in [1.82, 2.24) is 4.57 Å². The molecule has 1 heterocycles. The van der Waals surface area contributed by atoms with E-state index in [2.05, 4.69) is 19.2 Å². The molecule has 0 saturated carbocycles. The zero-order valence-electron chi connectivity index (χ0n) is 12.6. The van der Waals surface area contributed by atoms with Crippen molar-refractivity contribution in [3.05, 3.63) is 50.6 Å². The summed E-state index contributed by atoms with van der Waals surface area (Å²) in [7, 11) is 0. The van der Waals surface area contributed by atoms with E-state index in [4.69, 9.17) is 0 Å². The number of amides is 1. The van der Waals surface area contributed by atoms with Gasteiger partial charge in [-0.3, -0.25) is 9.59 Å². The van der Waals surface area contributed by atoms with Crippen LogP contribution >= 0.6 is 11.3 Å². The van der Waals surface area contributed by atoms with Gasteiger partial charge in [0.15, 0.2) is 0 Å². The van der Waals surface area contributed by atoms with E-state index in [1.54, 1.807) is 4.57 Å². The van der Waals surface area contributed by atoms with Gasteiger partial charge in [0.05, 0.1) is 0 Å². The first-order chi connectivity index (χ1) is 9.97. The van der Waals surface area contributed by atoms with Gasteiger partial charge in [0.25, 0.3) is 0 Å². The molecule has 1 amide bonds. The topological polar surface area (TPSA) is 51.1 Å². The third-order valence-electron chi connectivity index (χ3n) is 3.40. The summed E-state index contributed by atoms with van der Waals surface area (Å²) in [6.45, 7) is 6.56. The molecule has 0 atom stereocenters. The largest absolute Gasteiger partial charge is 0.326 e. The average molecular weight is 304 g/mol. The summed E-state index contributed by atoms with van der Waals surface area (Å²) >= 11 is 1.17. The van der Waals surface area contributed by atoms with Gasteiger partial charge in [0.1, 0.15) is 0 Å². The fraction of sp³-hybridized carbons (Fsp3) is 0.375. The first-order valence-corrected chi connectivity index (χ1v) is 7.90. The number of rotatable bonds is 5. The van der Waals surface area contributed by atoms with E-state index in [1.165, 1.54) is 16.9 Å². The second kappa shape index (κ2) is 6.72. The van der Waals surface area contributed by atoms with Crippen LogP contribution in [0.2, 0.25) is 0 Å². The molecule has 0 radical (unpaired) electrons. The van der Waals surface area contributed by atoms with Crippen molar-refractivity contribution < 1.29 is 4.79 Å². The van der Waals surface area contributed by atoms with E-state index in [1.807, 2.05) is 36.6 Å². The number of nitrogens with one attached hydrogen (secondary N) is 1. The molecule has 112 valence electrons. The highest BCUT2D eigenvalue weighted by Crippen LogP contribution is 2.17. The van der Waals surface area contributed by atoms with Crippen molar-refractivity contribution in [2.75, 3.05) is 5.32 Å². The number of carbonyl (C=O) groups excluding carboxylic acids is 1. The Balaban J connectivity index is 1.91. The minimum Gasteiger partial charge on any atom is -0.326 e. The van der Waals surface area contributed by atoms with Crippen molar-refractivity contribution >= 4 is 22.9 Å². The summed E-state index contributed by atoms with van der Waals surface area (Å²) < 4.78 is 1.63. The van der Waals surface area contributed by atoms with Gasteiger partial charge >= 0.3 is 4.87 Å². The fourth-order valence-electron chi connectivity index (χ4n) is 2.06. The lowest BCUT2D eigenvalue weighted by Gasteiger charge is -2.09. The van der Waals surface area contributed by atoms with Crippen LogP contribution in [0, 0.1) is 6.92 Å². The van der Waals surface area contributed by atoms with Gasteiger partial charge in [-0.25, -0.2) is 0 Å². The lowest BCUT2D eigenvalue weighted by molar-refractivity contribution is -0.116. The summed E-state index contributed by atoms with van der Waals surface area (Å²) in [5.74, 6) is 0.396. The molecular weight excluding hydrogens is 284 g/mol. The van der Waals surface area contributed by atoms with Crippen LogP contribution in [-0.4, -0.2) is 10.5 Å². The Kier molecular flexibility index (Phi) is 4.96. The second-order valence-electron chi connectivity index (χ2n) is 5.37. The van der Waals surface area contributed by atoms with Gasteiger partial charge in [-0.1, -0.05) is 37.3 Å². The van der Waals surface area contributed by atoms with Crippen molar-refractivity contribution in [2.45, 2.75) is 39.7 Å². The predicted octanol–water partition coefficient (Wildman–Crippen LogP) is 3.37. The Morgan fingerprint density at radius 2 is 1.95 bits per heavy atom. The predicted molar refractivity (Wildman–Crippen MR) is 87.1 cm³/mol.